The molecule has 82 valence electrons. The van der Waals surface area contributed by atoms with E-state index in [1.165, 1.54) is 26.4 Å². The van der Waals surface area contributed by atoms with E-state index in [4.69, 9.17) is 4.74 Å². The standard InChI is InChI=1S/C11H21NO2/c1-12(2)11(9-10(13)14-3)7-5-4-6-8-11/h4-9H2,1-3H3. The van der Waals surface area contributed by atoms with Crippen LogP contribution in [0.2, 0.25) is 0 Å². The highest BCUT2D eigenvalue weighted by Crippen LogP contribution is 2.35. The summed E-state index contributed by atoms with van der Waals surface area (Å²) in [4.78, 5) is 13.5. The fourth-order valence-corrected chi connectivity index (χ4v) is 2.33. The molecule has 0 aliphatic heterocycles. The second-order valence-corrected chi connectivity index (χ2v) is 4.43. The molecule has 14 heavy (non-hydrogen) atoms. The molecular formula is C11H21NO2. The van der Waals surface area contributed by atoms with Crippen molar-refractivity contribution in [2.24, 2.45) is 0 Å². The molecule has 3 nitrogen and oxygen atoms in total. The number of hydrogen-bond acceptors (Lipinski definition) is 3. The van der Waals surface area contributed by atoms with Crippen molar-refractivity contribution >= 4 is 5.97 Å². The van der Waals surface area contributed by atoms with Gasteiger partial charge in [0.1, 0.15) is 0 Å². The number of rotatable bonds is 3. The van der Waals surface area contributed by atoms with E-state index in [0.29, 0.717) is 6.42 Å². The maximum absolute atomic E-state index is 11.3. The van der Waals surface area contributed by atoms with E-state index in [1.807, 2.05) is 0 Å². The van der Waals surface area contributed by atoms with Crippen LogP contribution in [0.4, 0.5) is 0 Å². The molecule has 0 aromatic rings. The Bertz CT molecular complexity index is 195. The Morgan fingerprint density at radius 3 is 2.29 bits per heavy atom. The minimum atomic E-state index is -0.0828. The molecule has 0 bridgehead atoms. The Hall–Kier alpha value is -0.570. The van der Waals surface area contributed by atoms with Gasteiger partial charge in [-0.2, -0.15) is 0 Å². The molecule has 0 amide bonds. The van der Waals surface area contributed by atoms with Crippen LogP contribution in [0.5, 0.6) is 0 Å². The molecule has 1 aliphatic carbocycles. The van der Waals surface area contributed by atoms with Crippen LogP contribution < -0.4 is 0 Å². The van der Waals surface area contributed by atoms with Crippen molar-refractivity contribution < 1.29 is 9.53 Å². The predicted octanol–water partition coefficient (Wildman–Crippen LogP) is 1.81. The predicted molar refractivity (Wildman–Crippen MR) is 56.1 cm³/mol. The van der Waals surface area contributed by atoms with Crippen LogP contribution in [0.3, 0.4) is 0 Å². The molecule has 0 unspecified atom stereocenters. The maximum Gasteiger partial charge on any atom is 0.307 e. The van der Waals surface area contributed by atoms with Gasteiger partial charge in [0.05, 0.1) is 13.5 Å². The van der Waals surface area contributed by atoms with Gasteiger partial charge in [0.15, 0.2) is 0 Å². The van der Waals surface area contributed by atoms with Gasteiger partial charge in [-0.3, -0.25) is 4.79 Å². The summed E-state index contributed by atoms with van der Waals surface area (Å²) in [6.45, 7) is 0. The Morgan fingerprint density at radius 2 is 1.86 bits per heavy atom. The summed E-state index contributed by atoms with van der Waals surface area (Å²) in [7, 11) is 5.59. The first-order valence-electron chi connectivity index (χ1n) is 5.35. The quantitative estimate of drug-likeness (QED) is 0.649. The van der Waals surface area contributed by atoms with Gasteiger partial charge in [-0.1, -0.05) is 19.3 Å². The summed E-state index contributed by atoms with van der Waals surface area (Å²) in [6, 6.07) is 0. The Labute approximate surface area is 86.4 Å². The van der Waals surface area contributed by atoms with Gasteiger partial charge in [-0.05, 0) is 26.9 Å². The van der Waals surface area contributed by atoms with Crippen LogP contribution in [0, 0.1) is 0 Å². The van der Waals surface area contributed by atoms with Gasteiger partial charge in [-0.15, -0.1) is 0 Å². The number of nitrogens with zero attached hydrogens (tertiary/aromatic N) is 1. The fraction of sp³-hybridized carbons (Fsp3) is 0.909. The largest absolute Gasteiger partial charge is 0.469 e. The maximum atomic E-state index is 11.3. The molecule has 0 saturated heterocycles. The third-order valence-electron chi connectivity index (χ3n) is 3.43. The summed E-state index contributed by atoms with van der Waals surface area (Å²) >= 11 is 0. The van der Waals surface area contributed by atoms with Crippen molar-refractivity contribution in [3.05, 3.63) is 0 Å². The van der Waals surface area contributed by atoms with E-state index in [0.717, 1.165) is 12.8 Å². The highest BCUT2D eigenvalue weighted by molar-refractivity contribution is 5.70. The second-order valence-electron chi connectivity index (χ2n) is 4.43. The van der Waals surface area contributed by atoms with Gasteiger partial charge >= 0.3 is 5.97 Å². The van der Waals surface area contributed by atoms with Crippen LogP contribution in [-0.4, -0.2) is 37.6 Å². The van der Waals surface area contributed by atoms with Crippen LogP contribution >= 0.6 is 0 Å². The van der Waals surface area contributed by atoms with Crippen LogP contribution in [0.1, 0.15) is 38.5 Å². The zero-order valence-electron chi connectivity index (χ0n) is 9.51. The van der Waals surface area contributed by atoms with Gasteiger partial charge < -0.3 is 9.64 Å². The average Bonchev–Trinajstić information content (AvgIpc) is 2.19. The molecule has 0 heterocycles. The SMILES string of the molecule is COC(=O)CC1(N(C)C)CCCCC1. The van der Waals surface area contributed by atoms with Crippen LogP contribution in [-0.2, 0) is 9.53 Å². The highest BCUT2D eigenvalue weighted by atomic mass is 16.5. The summed E-state index contributed by atoms with van der Waals surface area (Å²) in [6.07, 6.45) is 6.54. The molecule has 1 aliphatic rings. The van der Waals surface area contributed by atoms with E-state index in [9.17, 15) is 4.79 Å². The lowest BCUT2D eigenvalue weighted by Crippen LogP contribution is -2.47. The zero-order valence-corrected chi connectivity index (χ0v) is 9.51. The van der Waals surface area contributed by atoms with Gasteiger partial charge in [0.25, 0.3) is 0 Å². The molecular weight excluding hydrogens is 178 g/mol. The van der Waals surface area contributed by atoms with E-state index in [-0.39, 0.29) is 11.5 Å². The summed E-state index contributed by atoms with van der Waals surface area (Å²) in [5.74, 6) is -0.0828. The van der Waals surface area contributed by atoms with E-state index in [2.05, 4.69) is 19.0 Å². The number of hydrogen-bond donors (Lipinski definition) is 0. The third-order valence-corrected chi connectivity index (χ3v) is 3.43. The Morgan fingerprint density at radius 1 is 1.29 bits per heavy atom. The molecule has 0 spiro atoms. The first-order valence-corrected chi connectivity index (χ1v) is 5.35. The lowest BCUT2D eigenvalue weighted by Gasteiger charge is -2.42. The minimum absolute atomic E-state index is 0.0609. The second kappa shape index (κ2) is 4.78. The lowest BCUT2D eigenvalue weighted by molar-refractivity contribution is -0.144. The number of carbonyl (C=O) groups is 1. The Kier molecular flexibility index (Phi) is 3.93. The first-order chi connectivity index (χ1) is 6.60. The lowest BCUT2D eigenvalue weighted by atomic mass is 9.78. The fourth-order valence-electron chi connectivity index (χ4n) is 2.33. The van der Waals surface area contributed by atoms with Gasteiger partial charge in [0, 0.05) is 5.54 Å². The van der Waals surface area contributed by atoms with Crippen LogP contribution in [0.25, 0.3) is 0 Å². The number of methoxy groups -OCH3 is 1. The normalized spacial score (nSPS) is 20.9. The topological polar surface area (TPSA) is 29.5 Å². The molecule has 0 radical (unpaired) electrons. The van der Waals surface area contributed by atoms with Crippen molar-refractivity contribution in [1.29, 1.82) is 0 Å². The highest BCUT2D eigenvalue weighted by Gasteiger charge is 2.36. The van der Waals surface area contributed by atoms with Gasteiger partial charge in [0.2, 0.25) is 0 Å². The molecule has 1 fully saturated rings. The minimum Gasteiger partial charge on any atom is -0.469 e. The van der Waals surface area contributed by atoms with Crippen LogP contribution in [0.15, 0.2) is 0 Å². The van der Waals surface area contributed by atoms with Crippen molar-refractivity contribution in [3.63, 3.8) is 0 Å². The molecule has 1 saturated carbocycles. The summed E-state index contributed by atoms with van der Waals surface area (Å²) in [5, 5.41) is 0. The number of esters is 1. The smallest absolute Gasteiger partial charge is 0.307 e. The summed E-state index contributed by atoms with van der Waals surface area (Å²) in [5.41, 5.74) is 0.0609. The molecule has 0 N–H and O–H groups in total. The summed E-state index contributed by atoms with van der Waals surface area (Å²) < 4.78 is 4.76. The van der Waals surface area contributed by atoms with Crippen molar-refractivity contribution in [2.75, 3.05) is 21.2 Å². The van der Waals surface area contributed by atoms with E-state index >= 15 is 0 Å². The Balaban J connectivity index is 2.65. The molecule has 1 rings (SSSR count). The van der Waals surface area contributed by atoms with Gasteiger partial charge in [-0.25, -0.2) is 0 Å². The van der Waals surface area contributed by atoms with E-state index in [1.54, 1.807) is 0 Å². The average molecular weight is 199 g/mol. The van der Waals surface area contributed by atoms with Crippen molar-refractivity contribution in [1.82, 2.24) is 4.90 Å². The van der Waals surface area contributed by atoms with Crippen molar-refractivity contribution in [3.8, 4) is 0 Å². The van der Waals surface area contributed by atoms with E-state index < -0.39 is 0 Å². The number of ether oxygens (including phenoxy) is 1. The number of carbonyl (C=O) groups excluding carboxylic acids is 1. The van der Waals surface area contributed by atoms with Crippen molar-refractivity contribution in [2.45, 2.75) is 44.1 Å². The zero-order chi connectivity index (χ0) is 10.6. The first kappa shape index (κ1) is 11.5. The molecule has 0 aromatic carbocycles. The molecule has 3 heteroatoms. The molecule has 0 atom stereocenters. The third kappa shape index (κ3) is 2.47. The molecule has 0 aromatic heterocycles. The monoisotopic (exact) mass is 199 g/mol.